The monoisotopic (exact) mass is 418 g/mol. The number of nitrogens with zero attached hydrogens (tertiary/aromatic N) is 1. The van der Waals surface area contributed by atoms with Crippen LogP contribution in [0.4, 0.5) is 5.69 Å². The first-order valence-corrected chi connectivity index (χ1v) is 9.51. The van der Waals surface area contributed by atoms with E-state index in [1.165, 1.54) is 23.8 Å². The molecule has 1 N–H and O–H groups in total. The van der Waals surface area contributed by atoms with Crippen molar-refractivity contribution < 1.29 is 14.3 Å². The average molecular weight is 419 g/mol. The van der Waals surface area contributed by atoms with Gasteiger partial charge in [0.25, 0.3) is 5.91 Å². The van der Waals surface area contributed by atoms with E-state index in [9.17, 15) is 9.59 Å². The SMILES string of the molecule is COC(=O)c1ccc(NCN2C(=O)C(=Cc3cccc(Cl)c3)SC2=S)cc1. The standard InChI is InChI=1S/C19H15ClN2O3S2/c1-25-18(24)13-5-7-15(8-6-13)21-11-22-17(23)16(27-19(22)26)10-12-3-2-4-14(20)9-12/h2-10,21H,11H2,1H3. The number of hydrogen-bond donors (Lipinski definition) is 1. The predicted octanol–water partition coefficient (Wildman–Crippen LogP) is 4.40. The number of methoxy groups -OCH3 is 1. The second-order valence-corrected chi connectivity index (χ2v) is 7.68. The minimum Gasteiger partial charge on any atom is -0.465 e. The van der Waals surface area contributed by atoms with E-state index in [-0.39, 0.29) is 12.6 Å². The van der Waals surface area contributed by atoms with E-state index >= 15 is 0 Å². The summed E-state index contributed by atoms with van der Waals surface area (Å²) in [4.78, 5) is 26.1. The minimum absolute atomic E-state index is 0.163. The van der Waals surface area contributed by atoms with Crippen molar-refractivity contribution in [1.82, 2.24) is 4.90 Å². The highest BCUT2D eigenvalue weighted by molar-refractivity contribution is 8.26. The van der Waals surface area contributed by atoms with Gasteiger partial charge >= 0.3 is 5.97 Å². The van der Waals surface area contributed by atoms with Crippen molar-refractivity contribution >= 4 is 63.5 Å². The van der Waals surface area contributed by atoms with Gasteiger partial charge in [0.1, 0.15) is 4.32 Å². The highest BCUT2D eigenvalue weighted by atomic mass is 35.5. The van der Waals surface area contributed by atoms with Crippen LogP contribution in [0.5, 0.6) is 0 Å². The molecule has 0 unspecified atom stereocenters. The maximum atomic E-state index is 12.6. The Bertz CT molecular complexity index is 929. The maximum absolute atomic E-state index is 12.6. The summed E-state index contributed by atoms with van der Waals surface area (Å²) in [7, 11) is 1.33. The van der Waals surface area contributed by atoms with Gasteiger partial charge in [-0.15, -0.1) is 0 Å². The Labute approximate surface area is 171 Å². The Morgan fingerprint density at radius 3 is 2.70 bits per heavy atom. The zero-order chi connectivity index (χ0) is 19.4. The van der Waals surface area contributed by atoms with Crippen molar-refractivity contribution in [1.29, 1.82) is 0 Å². The molecule has 1 heterocycles. The van der Waals surface area contributed by atoms with Crippen LogP contribution in [0.25, 0.3) is 6.08 Å². The number of carbonyl (C=O) groups is 2. The molecule has 2 aromatic carbocycles. The minimum atomic E-state index is -0.398. The number of halogens is 1. The Morgan fingerprint density at radius 1 is 1.30 bits per heavy atom. The highest BCUT2D eigenvalue weighted by Gasteiger charge is 2.31. The first-order valence-electron chi connectivity index (χ1n) is 7.91. The number of rotatable bonds is 5. The molecule has 1 fully saturated rings. The van der Waals surface area contributed by atoms with E-state index in [0.29, 0.717) is 19.8 Å². The van der Waals surface area contributed by atoms with Crippen molar-refractivity contribution in [3.8, 4) is 0 Å². The molecule has 1 aliphatic rings. The second kappa shape index (κ2) is 8.56. The zero-order valence-electron chi connectivity index (χ0n) is 14.3. The molecule has 1 amide bonds. The summed E-state index contributed by atoms with van der Waals surface area (Å²) in [5, 5.41) is 3.74. The lowest BCUT2D eigenvalue weighted by Crippen LogP contribution is -2.33. The maximum Gasteiger partial charge on any atom is 0.337 e. The summed E-state index contributed by atoms with van der Waals surface area (Å²) < 4.78 is 5.15. The third-order valence-corrected chi connectivity index (χ3v) is 5.38. The molecule has 0 bridgehead atoms. The van der Waals surface area contributed by atoms with Gasteiger partial charge < -0.3 is 10.1 Å². The summed E-state index contributed by atoms with van der Waals surface area (Å²) in [6, 6.07) is 14.1. The molecule has 5 nitrogen and oxygen atoms in total. The van der Waals surface area contributed by atoms with Gasteiger partial charge in [0.2, 0.25) is 0 Å². The zero-order valence-corrected chi connectivity index (χ0v) is 16.7. The number of hydrogen-bond acceptors (Lipinski definition) is 6. The predicted molar refractivity (Wildman–Crippen MR) is 113 cm³/mol. The summed E-state index contributed by atoms with van der Waals surface area (Å²) in [6.45, 7) is 0.231. The lowest BCUT2D eigenvalue weighted by atomic mass is 10.2. The van der Waals surface area contributed by atoms with Crippen LogP contribution in [0.3, 0.4) is 0 Å². The Morgan fingerprint density at radius 2 is 2.04 bits per heavy atom. The highest BCUT2D eigenvalue weighted by Crippen LogP contribution is 2.32. The number of thioether (sulfide) groups is 1. The molecule has 0 aliphatic carbocycles. The van der Waals surface area contributed by atoms with E-state index in [1.54, 1.807) is 42.5 Å². The molecule has 0 aromatic heterocycles. The summed E-state index contributed by atoms with van der Waals surface area (Å²) in [5.41, 5.74) is 2.06. The van der Waals surface area contributed by atoms with Gasteiger partial charge in [-0.1, -0.05) is 47.7 Å². The van der Waals surface area contributed by atoms with Crippen molar-refractivity contribution in [2.45, 2.75) is 0 Å². The molecule has 0 atom stereocenters. The molecule has 8 heteroatoms. The molecule has 0 spiro atoms. The molecule has 3 rings (SSSR count). The van der Waals surface area contributed by atoms with E-state index in [1.807, 2.05) is 12.1 Å². The summed E-state index contributed by atoms with van der Waals surface area (Å²) in [5.74, 6) is -0.562. The van der Waals surface area contributed by atoms with Crippen molar-refractivity contribution in [3.63, 3.8) is 0 Å². The van der Waals surface area contributed by atoms with Gasteiger partial charge in [0.05, 0.1) is 24.2 Å². The fourth-order valence-electron chi connectivity index (χ4n) is 2.40. The lowest BCUT2D eigenvalue weighted by molar-refractivity contribution is -0.121. The first kappa shape index (κ1) is 19.4. The first-order chi connectivity index (χ1) is 13.0. The Hall–Kier alpha value is -2.35. The molecule has 2 aromatic rings. The van der Waals surface area contributed by atoms with Crippen molar-refractivity contribution in [2.75, 3.05) is 19.1 Å². The normalized spacial score (nSPS) is 15.3. The van der Waals surface area contributed by atoms with Gasteiger partial charge in [0, 0.05) is 10.7 Å². The molecule has 138 valence electrons. The quantitative estimate of drug-likeness (QED) is 0.441. The van der Waals surface area contributed by atoms with Crippen molar-refractivity contribution in [3.05, 3.63) is 69.6 Å². The summed E-state index contributed by atoms with van der Waals surface area (Å²) in [6.07, 6.45) is 1.77. The number of anilines is 1. The largest absolute Gasteiger partial charge is 0.465 e. The molecule has 1 saturated heterocycles. The second-order valence-electron chi connectivity index (χ2n) is 5.57. The Kier molecular flexibility index (Phi) is 6.15. The van der Waals surface area contributed by atoms with Crippen LogP contribution in [0.1, 0.15) is 15.9 Å². The third kappa shape index (κ3) is 4.68. The van der Waals surface area contributed by atoms with Crippen LogP contribution < -0.4 is 5.32 Å². The number of amides is 1. The van der Waals surface area contributed by atoms with E-state index < -0.39 is 5.97 Å². The van der Waals surface area contributed by atoms with Crippen molar-refractivity contribution in [2.24, 2.45) is 0 Å². The van der Waals surface area contributed by atoms with Gasteiger partial charge in [-0.3, -0.25) is 9.69 Å². The number of thiocarbonyl (C=S) groups is 1. The fraction of sp³-hybridized carbons (Fsp3) is 0.105. The molecular weight excluding hydrogens is 404 g/mol. The van der Waals surface area contributed by atoms with Crippen LogP contribution >= 0.6 is 35.6 Å². The summed E-state index contributed by atoms with van der Waals surface area (Å²) >= 11 is 12.6. The van der Waals surface area contributed by atoms with E-state index in [0.717, 1.165) is 11.3 Å². The number of ether oxygens (including phenoxy) is 1. The van der Waals surface area contributed by atoms with E-state index in [4.69, 9.17) is 23.8 Å². The number of nitrogens with one attached hydrogen (secondary N) is 1. The fourth-order valence-corrected chi connectivity index (χ4v) is 3.85. The van der Waals surface area contributed by atoms with Crippen LogP contribution in [-0.4, -0.2) is 34.9 Å². The third-order valence-electron chi connectivity index (χ3n) is 3.77. The lowest BCUT2D eigenvalue weighted by Gasteiger charge is -2.16. The molecular formula is C19H15ClN2O3S2. The number of esters is 1. The van der Waals surface area contributed by atoms with Crippen LogP contribution in [0, 0.1) is 0 Å². The number of carbonyl (C=O) groups excluding carboxylic acids is 2. The van der Waals surface area contributed by atoms with Gasteiger partial charge in [-0.05, 0) is 48.0 Å². The smallest absolute Gasteiger partial charge is 0.337 e. The topological polar surface area (TPSA) is 58.6 Å². The molecule has 0 saturated carbocycles. The number of benzene rings is 2. The van der Waals surface area contributed by atoms with Crippen LogP contribution in [-0.2, 0) is 9.53 Å². The van der Waals surface area contributed by atoms with Gasteiger partial charge in [-0.25, -0.2) is 4.79 Å². The van der Waals surface area contributed by atoms with Gasteiger partial charge in [-0.2, -0.15) is 0 Å². The van der Waals surface area contributed by atoms with Crippen LogP contribution in [0.15, 0.2) is 53.4 Å². The van der Waals surface area contributed by atoms with Gasteiger partial charge in [0.15, 0.2) is 0 Å². The molecule has 1 aliphatic heterocycles. The molecule has 27 heavy (non-hydrogen) atoms. The van der Waals surface area contributed by atoms with Crippen LogP contribution in [0.2, 0.25) is 5.02 Å². The average Bonchev–Trinajstić information content (AvgIpc) is 2.93. The molecule has 0 radical (unpaired) electrons. The van der Waals surface area contributed by atoms with E-state index in [2.05, 4.69) is 10.1 Å². The Balaban J connectivity index is 1.66.